The Kier molecular flexibility index (Phi) is 3.78. The van der Waals surface area contributed by atoms with Gasteiger partial charge in [0.25, 0.3) is 0 Å². The predicted octanol–water partition coefficient (Wildman–Crippen LogP) is 9.02. The van der Waals surface area contributed by atoms with Crippen molar-refractivity contribution in [3.8, 4) is 22.3 Å². The van der Waals surface area contributed by atoms with Crippen LogP contribution < -0.4 is 0 Å². The summed E-state index contributed by atoms with van der Waals surface area (Å²) in [5.74, 6) is 0. The lowest BCUT2D eigenvalue weighted by Gasteiger charge is -2.04. The van der Waals surface area contributed by atoms with Crippen LogP contribution in [0.2, 0.25) is 0 Å². The molecule has 0 aliphatic carbocycles. The molecule has 2 aromatic heterocycles. The van der Waals surface area contributed by atoms with Crippen LogP contribution in [0, 0.1) is 0 Å². The van der Waals surface area contributed by atoms with Crippen molar-refractivity contribution in [2.75, 3.05) is 0 Å². The first-order valence-electron chi connectivity index (χ1n) is 10.9. The van der Waals surface area contributed by atoms with Gasteiger partial charge in [-0.1, -0.05) is 91.0 Å². The molecule has 0 fully saturated rings. The molecule has 2 heteroatoms. The largest absolute Gasteiger partial charge is 0.355 e. The number of aromatic nitrogens is 1. The van der Waals surface area contributed by atoms with Gasteiger partial charge in [-0.2, -0.15) is 0 Å². The number of H-pyrrole nitrogens is 1. The molecular formula is C30H19NS. The Bertz CT molecular complexity index is 1770. The van der Waals surface area contributed by atoms with Crippen molar-refractivity contribution in [1.82, 2.24) is 4.98 Å². The predicted molar refractivity (Wildman–Crippen MR) is 140 cm³/mol. The fourth-order valence-corrected chi connectivity index (χ4v) is 6.28. The van der Waals surface area contributed by atoms with Gasteiger partial charge in [-0.15, -0.1) is 11.3 Å². The molecule has 0 aliphatic heterocycles. The van der Waals surface area contributed by atoms with E-state index in [1.165, 1.54) is 64.2 Å². The van der Waals surface area contributed by atoms with Gasteiger partial charge >= 0.3 is 0 Å². The summed E-state index contributed by atoms with van der Waals surface area (Å²) < 4.78 is 2.71. The number of para-hydroxylation sites is 1. The van der Waals surface area contributed by atoms with E-state index in [-0.39, 0.29) is 0 Å². The van der Waals surface area contributed by atoms with Crippen molar-refractivity contribution in [2.24, 2.45) is 0 Å². The second kappa shape index (κ2) is 6.81. The van der Waals surface area contributed by atoms with Crippen molar-refractivity contribution in [2.45, 2.75) is 0 Å². The summed E-state index contributed by atoms with van der Waals surface area (Å²) in [6.45, 7) is 0. The number of fused-ring (bicyclic) bond motifs is 6. The molecule has 0 saturated carbocycles. The Morgan fingerprint density at radius 2 is 1.06 bits per heavy atom. The molecule has 1 nitrogen and oxygen atoms in total. The summed E-state index contributed by atoms with van der Waals surface area (Å²) in [5.41, 5.74) is 7.52. The number of rotatable bonds is 2. The van der Waals surface area contributed by atoms with Crippen molar-refractivity contribution < 1.29 is 0 Å². The maximum Gasteiger partial charge on any atom is 0.0465 e. The second-order valence-electron chi connectivity index (χ2n) is 8.26. The van der Waals surface area contributed by atoms with Gasteiger partial charge in [0.1, 0.15) is 0 Å². The van der Waals surface area contributed by atoms with Crippen molar-refractivity contribution in [1.29, 1.82) is 0 Å². The van der Waals surface area contributed by atoms with E-state index in [0.717, 1.165) is 0 Å². The number of thiophene rings is 1. The fraction of sp³-hybridized carbons (Fsp3) is 0. The first-order valence-corrected chi connectivity index (χ1v) is 11.7. The number of benzene rings is 5. The number of nitrogens with one attached hydrogen (secondary N) is 1. The smallest absolute Gasteiger partial charge is 0.0465 e. The third-order valence-electron chi connectivity index (χ3n) is 6.43. The van der Waals surface area contributed by atoms with Gasteiger partial charge in [0.05, 0.1) is 0 Å². The highest BCUT2D eigenvalue weighted by Crippen LogP contribution is 2.44. The van der Waals surface area contributed by atoms with Crippen LogP contribution in [0.4, 0.5) is 0 Å². The van der Waals surface area contributed by atoms with Gasteiger partial charge in [0.15, 0.2) is 0 Å². The zero-order valence-corrected chi connectivity index (χ0v) is 18.1. The van der Waals surface area contributed by atoms with Crippen molar-refractivity contribution >= 4 is 53.3 Å². The molecule has 7 aromatic rings. The van der Waals surface area contributed by atoms with Crippen molar-refractivity contribution in [3.05, 3.63) is 109 Å². The third-order valence-corrected chi connectivity index (χ3v) is 7.71. The molecular weight excluding hydrogens is 406 g/mol. The van der Waals surface area contributed by atoms with Gasteiger partial charge in [0.2, 0.25) is 0 Å². The topological polar surface area (TPSA) is 15.8 Å². The molecule has 0 bridgehead atoms. The number of hydrogen-bond donors (Lipinski definition) is 1. The molecule has 0 radical (unpaired) electrons. The van der Waals surface area contributed by atoms with E-state index in [1.54, 1.807) is 0 Å². The summed E-state index contributed by atoms with van der Waals surface area (Å²) in [6, 6.07) is 39.4. The lowest BCUT2D eigenvalue weighted by molar-refractivity contribution is 1.55. The summed E-state index contributed by atoms with van der Waals surface area (Å²) in [4.78, 5) is 3.54. The van der Waals surface area contributed by atoms with Gasteiger partial charge in [-0.3, -0.25) is 0 Å². The molecule has 2 heterocycles. The zero-order chi connectivity index (χ0) is 21.1. The highest BCUT2D eigenvalue weighted by Gasteiger charge is 2.14. The van der Waals surface area contributed by atoms with E-state index in [1.807, 2.05) is 11.3 Å². The standard InChI is InChI=1S/C30H19NS/c1-2-8-19(9-3-1)21-11-6-13-24-25-14-7-12-22(30(25)32-29(21)24)20-16-17-28-26(18-20)23-10-4-5-15-27(23)31-28/h1-18,31H. The van der Waals surface area contributed by atoms with Crippen LogP contribution in [0.15, 0.2) is 109 Å². The van der Waals surface area contributed by atoms with Gasteiger partial charge in [-0.25, -0.2) is 0 Å². The lowest BCUT2D eigenvalue weighted by atomic mass is 9.99. The van der Waals surface area contributed by atoms with E-state index in [9.17, 15) is 0 Å². The molecule has 0 atom stereocenters. The molecule has 0 unspecified atom stereocenters. The number of hydrogen-bond acceptors (Lipinski definition) is 1. The normalized spacial score (nSPS) is 11.8. The molecule has 7 rings (SSSR count). The van der Waals surface area contributed by atoms with Crippen LogP contribution in [0.3, 0.4) is 0 Å². The lowest BCUT2D eigenvalue weighted by Crippen LogP contribution is -1.79. The highest BCUT2D eigenvalue weighted by molar-refractivity contribution is 7.26. The molecule has 0 saturated heterocycles. The van der Waals surface area contributed by atoms with E-state index in [0.29, 0.717) is 0 Å². The van der Waals surface area contributed by atoms with Crippen LogP contribution in [-0.4, -0.2) is 4.98 Å². The Morgan fingerprint density at radius 1 is 0.438 bits per heavy atom. The van der Waals surface area contributed by atoms with E-state index >= 15 is 0 Å². The van der Waals surface area contributed by atoms with Gasteiger partial charge in [-0.05, 0) is 40.5 Å². The summed E-state index contributed by atoms with van der Waals surface area (Å²) >= 11 is 1.91. The van der Waals surface area contributed by atoms with E-state index < -0.39 is 0 Å². The maximum absolute atomic E-state index is 3.54. The van der Waals surface area contributed by atoms with Crippen molar-refractivity contribution in [3.63, 3.8) is 0 Å². The zero-order valence-electron chi connectivity index (χ0n) is 17.3. The summed E-state index contributed by atoms with van der Waals surface area (Å²) in [7, 11) is 0. The minimum Gasteiger partial charge on any atom is -0.355 e. The molecule has 0 amide bonds. The first-order chi connectivity index (χ1) is 15.9. The van der Waals surface area contributed by atoms with E-state index in [4.69, 9.17) is 0 Å². The first kappa shape index (κ1) is 17.8. The Balaban J connectivity index is 1.51. The average Bonchev–Trinajstić information content (AvgIpc) is 3.42. The van der Waals surface area contributed by atoms with E-state index in [2.05, 4.69) is 114 Å². The maximum atomic E-state index is 3.54. The van der Waals surface area contributed by atoms with Gasteiger partial charge in [0, 0.05) is 42.0 Å². The minimum absolute atomic E-state index is 1.19. The third kappa shape index (κ3) is 2.57. The van der Waals surface area contributed by atoms with Crippen LogP contribution >= 0.6 is 11.3 Å². The minimum atomic E-state index is 1.19. The SMILES string of the molecule is c1ccc(-c2cccc3c2sc2c(-c4ccc5[nH]c6ccccc6c5c4)cccc23)cc1. The van der Waals surface area contributed by atoms with Crippen LogP contribution in [-0.2, 0) is 0 Å². The average molecular weight is 426 g/mol. The molecule has 150 valence electrons. The molecule has 1 N–H and O–H groups in total. The highest BCUT2D eigenvalue weighted by atomic mass is 32.1. The van der Waals surface area contributed by atoms with Crippen LogP contribution in [0.5, 0.6) is 0 Å². The molecule has 0 aliphatic rings. The Hall–Kier alpha value is -3.88. The van der Waals surface area contributed by atoms with Crippen LogP contribution in [0.25, 0.3) is 64.2 Å². The Labute approximate surface area is 189 Å². The Morgan fingerprint density at radius 3 is 1.84 bits per heavy atom. The quantitative estimate of drug-likeness (QED) is 0.284. The summed E-state index contributed by atoms with van der Waals surface area (Å²) in [5, 5.41) is 5.22. The molecule has 32 heavy (non-hydrogen) atoms. The van der Waals surface area contributed by atoms with Crippen LogP contribution in [0.1, 0.15) is 0 Å². The second-order valence-corrected chi connectivity index (χ2v) is 9.28. The fourth-order valence-electron chi connectivity index (χ4n) is 4.91. The monoisotopic (exact) mass is 425 g/mol. The van der Waals surface area contributed by atoms with Gasteiger partial charge < -0.3 is 4.98 Å². The summed E-state index contributed by atoms with van der Waals surface area (Å²) in [6.07, 6.45) is 0. The number of aromatic amines is 1. The molecule has 0 spiro atoms. The molecule has 5 aromatic carbocycles.